The molecule has 16 heavy (non-hydrogen) atoms. The van der Waals surface area contributed by atoms with Crippen molar-refractivity contribution in [2.45, 2.75) is 64.5 Å². The summed E-state index contributed by atoms with van der Waals surface area (Å²) in [5, 5.41) is 4.84. The minimum Gasteiger partial charge on any atom is -0.360 e. The molecule has 3 atom stereocenters. The summed E-state index contributed by atoms with van der Waals surface area (Å²) < 4.78 is 0. The van der Waals surface area contributed by atoms with Gasteiger partial charge in [0.05, 0.1) is 6.04 Å². The molecule has 3 unspecified atom stereocenters. The van der Waals surface area contributed by atoms with Crippen LogP contribution in [-0.2, 0) is 0 Å². The average molecular weight is 240 g/mol. The zero-order valence-electron chi connectivity index (χ0n) is 10.8. The van der Waals surface area contributed by atoms with Crippen molar-refractivity contribution in [2.75, 3.05) is 5.75 Å². The van der Waals surface area contributed by atoms with Crippen molar-refractivity contribution in [3.8, 4) is 0 Å². The van der Waals surface area contributed by atoms with Gasteiger partial charge in [0.1, 0.15) is 0 Å². The van der Waals surface area contributed by atoms with Crippen molar-refractivity contribution >= 4 is 16.9 Å². The first-order valence-corrected chi connectivity index (χ1v) is 7.58. The van der Waals surface area contributed by atoms with Crippen molar-refractivity contribution in [1.82, 2.24) is 5.32 Å². The molecule has 1 aliphatic heterocycles. The minimum absolute atomic E-state index is 0.286. The summed E-state index contributed by atoms with van der Waals surface area (Å²) >= 11 is 1.91. The molecule has 0 spiro atoms. The Balaban J connectivity index is 1.96. The molecule has 2 aliphatic rings. The molecule has 0 aromatic heterocycles. The van der Waals surface area contributed by atoms with Crippen molar-refractivity contribution < 1.29 is 0 Å². The molecule has 0 aromatic carbocycles. The van der Waals surface area contributed by atoms with Gasteiger partial charge in [-0.15, -0.1) is 0 Å². The monoisotopic (exact) mass is 240 g/mol. The fourth-order valence-corrected chi connectivity index (χ4v) is 3.81. The van der Waals surface area contributed by atoms with Gasteiger partial charge < -0.3 is 5.32 Å². The number of hydrogen-bond acceptors (Lipinski definition) is 2. The van der Waals surface area contributed by atoms with Gasteiger partial charge in [0.2, 0.25) is 0 Å². The maximum Gasteiger partial charge on any atom is 0.157 e. The van der Waals surface area contributed by atoms with E-state index in [1.807, 2.05) is 11.8 Å². The lowest BCUT2D eigenvalue weighted by atomic mass is 9.96. The highest BCUT2D eigenvalue weighted by molar-refractivity contribution is 8.13. The molecule has 3 heteroatoms. The number of nitrogens with zero attached hydrogens (tertiary/aromatic N) is 1. The van der Waals surface area contributed by atoms with Crippen molar-refractivity contribution in [1.29, 1.82) is 0 Å². The van der Waals surface area contributed by atoms with Crippen LogP contribution in [-0.4, -0.2) is 22.5 Å². The lowest BCUT2D eigenvalue weighted by Gasteiger charge is -2.35. The third kappa shape index (κ3) is 2.93. The predicted octanol–water partition coefficient (Wildman–Crippen LogP) is 3.43. The fourth-order valence-electron chi connectivity index (χ4n) is 2.52. The van der Waals surface area contributed by atoms with Crippen LogP contribution in [0.25, 0.3) is 0 Å². The van der Waals surface area contributed by atoms with E-state index in [2.05, 4.69) is 26.1 Å². The minimum atomic E-state index is 0.286. The topological polar surface area (TPSA) is 24.4 Å². The number of thioether (sulfide) groups is 1. The molecule has 1 saturated carbocycles. The molecular formula is C13H24N2S. The quantitative estimate of drug-likeness (QED) is 0.799. The normalized spacial score (nSPS) is 42.3. The molecule has 2 nitrogen and oxygen atoms in total. The summed E-state index contributed by atoms with van der Waals surface area (Å²) in [6, 6.07) is 0.587. The molecule has 1 heterocycles. The van der Waals surface area contributed by atoms with E-state index in [9.17, 15) is 0 Å². The highest BCUT2D eigenvalue weighted by atomic mass is 32.2. The van der Waals surface area contributed by atoms with Crippen LogP contribution in [0.2, 0.25) is 0 Å². The molecule has 0 amide bonds. The molecule has 1 N–H and O–H groups in total. The number of amidine groups is 1. The Labute approximate surface area is 104 Å². The standard InChI is InChI=1S/C13H24N2S/c1-4-13(3)7-8-16-12(15-13)14-11-6-5-10(2)9-11/h10-11H,4-9H2,1-3H3,(H,14,15). The van der Waals surface area contributed by atoms with E-state index in [-0.39, 0.29) is 5.54 Å². The van der Waals surface area contributed by atoms with Crippen LogP contribution in [0.15, 0.2) is 4.99 Å². The Morgan fingerprint density at radius 3 is 2.94 bits per heavy atom. The molecule has 0 radical (unpaired) electrons. The van der Waals surface area contributed by atoms with Crippen LogP contribution in [0, 0.1) is 5.92 Å². The van der Waals surface area contributed by atoms with E-state index in [1.165, 1.54) is 43.0 Å². The van der Waals surface area contributed by atoms with E-state index in [0.717, 1.165) is 5.92 Å². The number of rotatable bonds is 2. The van der Waals surface area contributed by atoms with Gasteiger partial charge >= 0.3 is 0 Å². The highest BCUT2D eigenvalue weighted by Gasteiger charge is 2.29. The third-order valence-corrected chi connectivity index (χ3v) is 4.94. The van der Waals surface area contributed by atoms with Crippen LogP contribution in [0.4, 0.5) is 0 Å². The van der Waals surface area contributed by atoms with Gasteiger partial charge in [-0.05, 0) is 44.9 Å². The van der Waals surface area contributed by atoms with E-state index >= 15 is 0 Å². The SMILES string of the molecule is CCC1(C)CCSC(=NC2CCC(C)C2)N1. The second-order valence-electron chi connectivity index (χ2n) is 5.64. The van der Waals surface area contributed by atoms with E-state index < -0.39 is 0 Å². The van der Waals surface area contributed by atoms with Gasteiger partial charge in [0.25, 0.3) is 0 Å². The smallest absolute Gasteiger partial charge is 0.157 e. The number of nitrogens with one attached hydrogen (secondary N) is 1. The second kappa shape index (κ2) is 4.99. The molecule has 0 bridgehead atoms. The second-order valence-corrected chi connectivity index (χ2v) is 6.73. The first kappa shape index (κ1) is 12.3. The predicted molar refractivity (Wildman–Crippen MR) is 73.1 cm³/mol. The summed E-state index contributed by atoms with van der Waals surface area (Å²) in [6.07, 6.45) is 6.38. The zero-order valence-corrected chi connectivity index (χ0v) is 11.6. The van der Waals surface area contributed by atoms with Crippen LogP contribution < -0.4 is 5.32 Å². The molecular weight excluding hydrogens is 216 g/mol. The molecule has 92 valence electrons. The fraction of sp³-hybridized carbons (Fsp3) is 0.923. The van der Waals surface area contributed by atoms with Gasteiger partial charge in [-0.3, -0.25) is 4.99 Å². The highest BCUT2D eigenvalue weighted by Crippen LogP contribution is 2.30. The van der Waals surface area contributed by atoms with Crippen molar-refractivity contribution in [3.63, 3.8) is 0 Å². The van der Waals surface area contributed by atoms with Gasteiger partial charge in [0.15, 0.2) is 5.17 Å². The Kier molecular flexibility index (Phi) is 3.83. The Morgan fingerprint density at radius 2 is 2.31 bits per heavy atom. The van der Waals surface area contributed by atoms with Crippen LogP contribution in [0.3, 0.4) is 0 Å². The van der Waals surface area contributed by atoms with Crippen LogP contribution in [0.5, 0.6) is 0 Å². The van der Waals surface area contributed by atoms with Crippen LogP contribution >= 0.6 is 11.8 Å². The Hall–Kier alpha value is -0.180. The Bertz CT molecular complexity index is 277. The first-order valence-electron chi connectivity index (χ1n) is 6.60. The maximum atomic E-state index is 4.90. The zero-order chi connectivity index (χ0) is 11.6. The third-order valence-electron chi connectivity index (χ3n) is 4.05. The maximum absolute atomic E-state index is 4.90. The molecule has 2 rings (SSSR count). The molecule has 1 aliphatic carbocycles. The van der Waals surface area contributed by atoms with Gasteiger partial charge in [-0.25, -0.2) is 0 Å². The summed E-state index contributed by atoms with van der Waals surface area (Å²) in [7, 11) is 0. The Morgan fingerprint density at radius 1 is 1.50 bits per heavy atom. The first-order chi connectivity index (χ1) is 7.61. The van der Waals surface area contributed by atoms with E-state index in [0.29, 0.717) is 6.04 Å². The van der Waals surface area contributed by atoms with Gasteiger partial charge in [0, 0.05) is 11.3 Å². The summed E-state index contributed by atoms with van der Waals surface area (Å²) in [6.45, 7) is 6.93. The van der Waals surface area contributed by atoms with Gasteiger partial charge in [-0.2, -0.15) is 0 Å². The molecule has 1 saturated heterocycles. The van der Waals surface area contributed by atoms with E-state index in [1.54, 1.807) is 0 Å². The van der Waals surface area contributed by atoms with Gasteiger partial charge in [-0.1, -0.05) is 25.6 Å². The summed E-state index contributed by atoms with van der Waals surface area (Å²) in [5.74, 6) is 2.10. The average Bonchev–Trinajstić information content (AvgIpc) is 2.64. The summed E-state index contributed by atoms with van der Waals surface area (Å²) in [5.41, 5.74) is 0.286. The lowest BCUT2D eigenvalue weighted by Crippen LogP contribution is -2.48. The van der Waals surface area contributed by atoms with Crippen molar-refractivity contribution in [2.24, 2.45) is 10.9 Å². The largest absolute Gasteiger partial charge is 0.360 e. The lowest BCUT2D eigenvalue weighted by molar-refractivity contribution is 0.389. The van der Waals surface area contributed by atoms with Crippen LogP contribution in [0.1, 0.15) is 52.9 Å². The number of aliphatic imine (C=N–C) groups is 1. The van der Waals surface area contributed by atoms with Crippen molar-refractivity contribution in [3.05, 3.63) is 0 Å². The molecule has 0 aromatic rings. The summed E-state index contributed by atoms with van der Waals surface area (Å²) in [4.78, 5) is 4.90. The van der Waals surface area contributed by atoms with E-state index in [4.69, 9.17) is 4.99 Å². The number of hydrogen-bond donors (Lipinski definition) is 1. The molecule has 2 fully saturated rings.